The van der Waals surface area contributed by atoms with E-state index in [9.17, 15) is 4.39 Å². The fourth-order valence-corrected chi connectivity index (χ4v) is 3.90. The zero-order valence-electron chi connectivity index (χ0n) is 17.9. The molecular formula is C24H29FN4O2. The van der Waals surface area contributed by atoms with Gasteiger partial charge in [0, 0.05) is 24.4 Å². The molecule has 1 aromatic carbocycles. The molecule has 6 nitrogen and oxygen atoms in total. The van der Waals surface area contributed by atoms with Crippen molar-refractivity contribution in [2.24, 2.45) is 0 Å². The predicted octanol–water partition coefficient (Wildman–Crippen LogP) is 6.00. The van der Waals surface area contributed by atoms with Crippen LogP contribution in [0.5, 0.6) is 0 Å². The molecule has 164 valence electrons. The molecule has 1 aliphatic rings. The van der Waals surface area contributed by atoms with Crippen molar-refractivity contribution in [2.45, 2.75) is 64.5 Å². The van der Waals surface area contributed by atoms with E-state index in [1.807, 2.05) is 6.07 Å². The monoisotopic (exact) mass is 424 g/mol. The summed E-state index contributed by atoms with van der Waals surface area (Å²) in [6.45, 7) is 3.08. The fraction of sp³-hybridized carbons (Fsp3) is 0.458. The number of benzene rings is 1. The Labute approximate surface area is 182 Å². The van der Waals surface area contributed by atoms with Gasteiger partial charge in [0.25, 0.3) is 0 Å². The molecule has 1 saturated carbocycles. The molecule has 0 saturated heterocycles. The largest absolute Gasteiger partial charge is 0.373 e. The molecule has 31 heavy (non-hydrogen) atoms. The van der Waals surface area contributed by atoms with Crippen molar-refractivity contribution in [1.82, 2.24) is 15.1 Å². The average Bonchev–Trinajstić information content (AvgIpc) is 3.22. The highest BCUT2D eigenvalue weighted by Crippen LogP contribution is 2.34. The van der Waals surface area contributed by atoms with Crippen molar-refractivity contribution >= 4 is 5.95 Å². The molecule has 4 rings (SSSR count). The topological polar surface area (TPSA) is 73.1 Å². The molecule has 2 heterocycles. The van der Waals surface area contributed by atoms with E-state index in [4.69, 9.17) is 14.2 Å². The van der Waals surface area contributed by atoms with Gasteiger partial charge < -0.3 is 14.6 Å². The lowest BCUT2D eigenvalue weighted by atomic mass is 9.96. The molecule has 0 spiro atoms. The third-order valence-corrected chi connectivity index (χ3v) is 5.61. The highest BCUT2D eigenvalue weighted by atomic mass is 19.1. The summed E-state index contributed by atoms with van der Waals surface area (Å²) in [5.41, 5.74) is 2.86. The standard InChI is InChI=1S/C24H29FN4O2/c1-2-3-15-30-16-21-22(23(29-31-21)17-9-11-18(25)12-10-17)20-13-14-26-24(28-20)27-19-7-5-4-6-8-19/h9-14,19H,2-8,15-16H2,1H3,(H,26,27,28). The molecule has 0 aliphatic heterocycles. The van der Waals surface area contributed by atoms with Crippen LogP contribution in [0.2, 0.25) is 0 Å². The lowest BCUT2D eigenvalue weighted by molar-refractivity contribution is 0.0992. The predicted molar refractivity (Wildman–Crippen MR) is 118 cm³/mol. The molecule has 0 unspecified atom stereocenters. The summed E-state index contributed by atoms with van der Waals surface area (Å²) in [5, 5.41) is 7.75. The smallest absolute Gasteiger partial charge is 0.223 e. The summed E-state index contributed by atoms with van der Waals surface area (Å²) in [6, 6.07) is 8.48. The van der Waals surface area contributed by atoms with Crippen LogP contribution in [-0.4, -0.2) is 27.8 Å². The summed E-state index contributed by atoms with van der Waals surface area (Å²) >= 11 is 0. The number of anilines is 1. The second-order valence-electron chi connectivity index (χ2n) is 7.99. The van der Waals surface area contributed by atoms with Gasteiger partial charge in [-0.1, -0.05) is 37.8 Å². The molecule has 1 N–H and O–H groups in total. The van der Waals surface area contributed by atoms with Gasteiger partial charge in [-0.05, 0) is 49.6 Å². The first-order chi connectivity index (χ1) is 15.2. The van der Waals surface area contributed by atoms with Gasteiger partial charge in [-0.25, -0.2) is 14.4 Å². The molecule has 7 heteroatoms. The third-order valence-electron chi connectivity index (χ3n) is 5.61. The number of nitrogens with zero attached hydrogens (tertiary/aromatic N) is 3. The number of hydrogen-bond acceptors (Lipinski definition) is 6. The van der Waals surface area contributed by atoms with Crippen LogP contribution in [0.15, 0.2) is 41.1 Å². The maximum absolute atomic E-state index is 13.5. The van der Waals surface area contributed by atoms with Crippen molar-refractivity contribution in [3.63, 3.8) is 0 Å². The Morgan fingerprint density at radius 2 is 1.94 bits per heavy atom. The van der Waals surface area contributed by atoms with Crippen LogP contribution in [0.4, 0.5) is 10.3 Å². The molecule has 1 fully saturated rings. The number of unbranched alkanes of at least 4 members (excludes halogenated alkanes) is 1. The van der Waals surface area contributed by atoms with E-state index in [0.29, 0.717) is 42.4 Å². The summed E-state index contributed by atoms with van der Waals surface area (Å²) in [7, 11) is 0. The Kier molecular flexibility index (Phi) is 7.25. The second kappa shape index (κ2) is 10.5. The number of ether oxygens (including phenoxy) is 1. The Hall–Kier alpha value is -2.80. The Bertz CT molecular complexity index is 968. The van der Waals surface area contributed by atoms with Crippen molar-refractivity contribution in [2.75, 3.05) is 11.9 Å². The number of rotatable bonds is 9. The van der Waals surface area contributed by atoms with E-state index in [1.54, 1.807) is 18.3 Å². The van der Waals surface area contributed by atoms with E-state index in [-0.39, 0.29) is 5.82 Å². The maximum atomic E-state index is 13.5. The third kappa shape index (κ3) is 5.47. The van der Waals surface area contributed by atoms with Gasteiger partial charge >= 0.3 is 0 Å². The Morgan fingerprint density at radius 3 is 2.71 bits per heavy atom. The minimum absolute atomic E-state index is 0.294. The first-order valence-corrected chi connectivity index (χ1v) is 11.2. The van der Waals surface area contributed by atoms with Gasteiger partial charge in [-0.3, -0.25) is 0 Å². The maximum Gasteiger partial charge on any atom is 0.223 e. The number of hydrogen-bond donors (Lipinski definition) is 1. The SMILES string of the molecule is CCCCOCc1onc(-c2ccc(F)cc2)c1-c1ccnc(NC2CCCCC2)n1. The highest BCUT2D eigenvalue weighted by Gasteiger charge is 2.22. The number of halogens is 1. The summed E-state index contributed by atoms with van der Waals surface area (Å²) in [4.78, 5) is 9.19. The Balaban J connectivity index is 1.65. The number of nitrogens with one attached hydrogen (secondary N) is 1. The van der Waals surface area contributed by atoms with E-state index >= 15 is 0 Å². The van der Waals surface area contributed by atoms with Crippen molar-refractivity contribution in [1.29, 1.82) is 0 Å². The average molecular weight is 425 g/mol. The summed E-state index contributed by atoms with van der Waals surface area (Å²) < 4.78 is 24.9. The van der Waals surface area contributed by atoms with E-state index in [0.717, 1.165) is 36.8 Å². The van der Waals surface area contributed by atoms with Gasteiger partial charge in [-0.15, -0.1) is 0 Å². The quantitative estimate of drug-likeness (QED) is 0.425. The van der Waals surface area contributed by atoms with Crippen LogP contribution in [0.3, 0.4) is 0 Å². The van der Waals surface area contributed by atoms with E-state index in [1.165, 1.54) is 31.4 Å². The van der Waals surface area contributed by atoms with Crippen LogP contribution < -0.4 is 5.32 Å². The lowest BCUT2D eigenvalue weighted by Crippen LogP contribution is -2.23. The van der Waals surface area contributed by atoms with E-state index < -0.39 is 0 Å². The molecule has 1 aliphatic carbocycles. The molecule has 3 aromatic rings. The van der Waals surface area contributed by atoms with Crippen molar-refractivity contribution in [3.05, 3.63) is 48.1 Å². The van der Waals surface area contributed by atoms with Gasteiger partial charge in [0.1, 0.15) is 18.1 Å². The fourth-order valence-electron chi connectivity index (χ4n) is 3.90. The zero-order valence-corrected chi connectivity index (χ0v) is 17.9. The number of aromatic nitrogens is 3. The minimum Gasteiger partial charge on any atom is -0.373 e. The molecule has 0 bridgehead atoms. The van der Waals surface area contributed by atoms with Crippen LogP contribution in [0.1, 0.15) is 57.6 Å². The summed E-state index contributed by atoms with van der Waals surface area (Å²) in [6.07, 6.45) is 9.83. The molecule has 0 atom stereocenters. The molecule has 0 amide bonds. The van der Waals surface area contributed by atoms with Crippen molar-refractivity contribution in [3.8, 4) is 22.5 Å². The molecule has 2 aromatic heterocycles. The minimum atomic E-state index is -0.294. The van der Waals surface area contributed by atoms with Crippen LogP contribution in [0.25, 0.3) is 22.5 Å². The normalized spacial score (nSPS) is 14.6. The lowest BCUT2D eigenvalue weighted by Gasteiger charge is -2.22. The van der Waals surface area contributed by atoms with Gasteiger partial charge in [0.2, 0.25) is 5.95 Å². The molecule has 0 radical (unpaired) electrons. The van der Waals surface area contributed by atoms with E-state index in [2.05, 4.69) is 22.4 Å². The van der Waals surface area contributed by atoms with Gasteiger partial charge in [-0.2, -0.15) is 0 Å². The van der Waals surface area contributed by atoms with Crippen LogP contribution >= 0.6 is 0 Å². The van der Waals surface area contributed by atoms with Gasteiger partial charge in [0.15, 0.2) is 5.76 Å². The second-order valence-corrected chi connectivity index (χ2v) is 7.99. The Morgan fingerprint density at radius 1 is 1.13 bits per heavy atom. The summed E-state index contributed by atoms with van der Waals surface area (Å²) in [5.74, 6) is 0.921. The first-order valence-electron chi connectivity index (χ1n) is 11.2. The highest BCUT2D eigenvalue weighted by molar-refractivity contribution is 5.80. The van der Waals surface area contributed by atoms with Gasteiger partial charge in [0.05, 0.1) is 11.3 Å². The first kappa shape index (κ1) is 21.4. The van der Waals surface area contributed by atoms with Crippen molar-refractivity contribution < 1.29 is 13.7 Å². The van der Waals surface area contributed by atoms with Crippen LogP contribution in [-0.2, 0) is 11.3 Å². The molecular weight excluding hydrogens is 395 g/mol. The van der Waals surface area contributed by atoms with Crippen LogP contribution in [0, 0.1) is 5.82 Å². The zero-order chi connectivity index (χ0) is 21.5.